The Bertz CT molecular complexity index is 614. The zero-order chi connectivity index (χ0) is 15.2. The summed E-state index contributed by atoms with van der Waals surface area (Å²) in [4.78, 5) is 25.9. The van der Waals surface area contributed by atoms with Gasteiger partial charge in [-0.15, -0.1) is 0 Å². The van der Waals surface area contributed by atoms with E-state index in [1.165, 1.54) is 7.11 Å². The summed E-state index contributed by atoms with van der Waals surface area (Å²) in [7, 11) is 3.14. The van der Waals surface area contributed by atoms with E-state index in [2.05, 4.69) is 5.32 Å². The maximum Gasteiger partial charge on any atom is 0.355 e. The molecule has 0 bridgehead atoms. The number of nitrogens with one attached hydrogen (secondary N) is 1. The lowest BCUT2D eigenvalue weighted by atomic mass is 10.1. The molecule has 1 heterocycles. The molecule has 5 heteroatoms. The molecular formula is C16H16N2O3. The van der Waals surface area contributed by atoms with Crippen LogP contribution in [-0.2, 0) is 9.53 Å². The zero-order valence-electron chi connectivity index (χ0n) is 11.9. The largest absolute Gasteiger partial charge is 0.464 e. The molecule has 1 amide bonds. The number of hydrogen-bond acceptors (Lipinski definition) is 4. The minimum atomic E-state index is -0.590. The topological polar surface area (TPSA) is 58.6 Å². The first kappa shape index (κ1) is 14.6. The Balaban J connectivity index is 2.29. The predicted molar refractivity (Wildman–Crippen MR) is 79.0 cm³/mol. The van der Waals surface area contributed by atoms with Crippen molar-refractivity contribution in [2.45, 2.75) is 0 Å². The number of nitrogens with zero attached hydrogens (tertiary/aromatic N) is 1. The summed E-state index contributed by atoms with van der Waals surface area (Å²) >= 11 is 0. The van der Waals surface area contributed by atoms with Crippen LogP contribution in [0.5, 0.6) is 0 Å². The molecule has 1 aromatic carbocycles. The van der Waals surface area contributed by atoms with E-state index in [1.807, 2.05) is 18.0 Å². The normalized spacial score (nSPS) is 13.0. The molecule has 21 heavy (non-hydrogen) atoms. The fourth-order valence-corrected chi connectivity index (χ4v) is 1.79. The molecule has 0 spiro atoms. The number of rotatable bonds is 3. The van der Waals surface area contributed by atoms with Crippen LogP contribution in [0.1, 0.15) is 10.4 Å². The second-order valence-corrected chi connectivity index (χ2v) is 4.44. The molecule has 0 aliphatic carbocycles. The molecule has 0 saturated heterocycles. The van der Waals surface area contributed by atoms with Gasteiger partial charge >= 0.3 is 5.97 Å². The molecule has 5 nitrogen and oxygen atoms in total. The van der Waals surface area contributed by atoms with Gasteiger partial charge in [-0.2, -0.15) is 0 Å². The first-order chi connectivity index (χ1) is 10.1. The van der Waals surface area contributed by atoms with E-state index in [9.17, 15) is 9.59 Å². The summed E-state index contributed by atoms with van der Waals surface area (Å²) < 4.78 is 4.74. The van der Waals surface area contributed by atoms with Crippen molar-refractivity contribution in [1.82, 2.24) is 10.2 Å². The van der Waals surface area contributed by atoms with E-state index in [0.717, 1.165) is 0 Å². The van der Waals surface area contributed by atoms with E-state index >= 15 is 0 Å². The number of methoxy groups -OCH3 is 1. The summed E-state index contributed by atoms with van der Waals surface area (Å²) in [6.45, 7) is 0. The number of hydrogen-bond donors (Lipinski definition) is 1. The number of carbonyl (C=O) groups excluding carboxylic acids is 2. The van der Waals surface area contributed by atoms with Crippen molar-refractivity contribution in [3.63, 3.8) is 0 Å². The van der Waals surface area contributed by atoms with Gasteiger partial charge in [-0.3, -0.25) is 4.79 Å². The molecular weight excluding hydrogens is 268 g/mol. The van der Waals surface area contributed by atoms with Gasteiger partial charge in [0.1, 0.15) is 5.70 Å². The van der Waals surface area contributed by atoms with E-state index in [4.69, 9.17) is 4.74 Å². The molecule has 1 aliphatic rings. The third-order valence-corrected chi connectivity index (χ3v) is 2.93. The van der Waals surface area contributed by atoms with E-state index in [0.29, 0.717) is 11.1 Å². The maximum atomic E-state index is 12.2. The van der Waals surface area contributed by atoms with Gasteiger partial charge in [0.25, 0.3) is 5.91 Å². The van der Waals surface area contributed by atoms with Crippen LogP contribution in [0, 0.1) is 0 Å². The summed E-state index contributed by atoms with van der Waals surface area (Å²) in [5, 5.41) is 2.61. The number of esters is 1. The molecule has 0 unspecified atom stereocenters. The van der Waals surface area contributed by atoms with Crippen LogP contribution in [0.4, 0.5) is 0 Å². The van der Waals surface area contributed by atoms with Crippen LogP contribution in [0.25, 0.3) is 0 Å². The van der Waals surface area contributed by atoms with Crippen LogP contribution < -0.4 is 5.32 Å². The summed E-state index contributed by atoms with van der Waals surface area (Å²) in [5.74, 6) is -0.947. The highest BCUT2D eigenvalue weighted by molar-refractivity contribution is 6.01. The zero-order valence-corrected chi connectivity index (χ0v) is 11.9. The molecule has 108 valence electrons. The number of carbonyl (C=O) groups is 2. The van der Waals surface area contributed by atoms with Crippen molar-refractivity contribution in [3.05, 3.63) is 71.7 Å². The lowest BCUT2D eigenvalue weighted by molar-refractivity contribution is -0.136. The fourth-order valence-electron chi connectivity index (χ4n) is 1.79. The first-order valence-electron chi connectivity index (χ1n) is 6.39. The van der Waals surface area contributed by atoms with Crippen molar-refractivity contribution < 1.29 is 14.3 Å². The third kappa shape index (κ3) is 3.60. The van der Waals surface area contributed by atoms with Crippen LogP contribution in [-0.4, -0.2) is 30.9 Å². The van der Waals surface area contributed by atoms with Gasteiger partial charge in [0, 0.05) is 30.6 Å². The Morgan fingerprint density at radius 3 is 2.29 bits per heavy atom. The SMILES string of the molecule is COC(=O)C(NC(=O)c1ccccc1)=C1C=CN(C)C=C1. The second kappa shape index (κ2) is 6.56. The quantitative estimate of drug-likeness (QED) is 0.679. The van der Waals surface area contributed by atoms with Crippen molar-refractivity contribution >= 4 is 11.9 Å². The monoisotopic (exact) mass is 284 g/mol. The number of allylic oxidation sites excluding steroid dienone is 3. The Labute approximate surface area is 123 Å². The molecule has 0 aromatic heterocycles. The lowest BCUT2D eigenvalue weighted by Crippen LogP contribution is -2.29. The van der Waals surface area contributed by atoms with Crippen LogP contribution in [0.3, 0.4) is 0 Å². The van der Waals surface area contributed by atoms with E-state index in [-0.39, 0.29) is 11.6 Å². The van der Waals surface area contributed by atoms with Gasteiger partial charge in [-0.25, -0.2) is 4.79 Å². The van der Waals surface area contributed by atoms with Crippen molar-refractivity contribution in [1.29, 1.82) is 0 Å². The van der Waals surface area contributed by atoms with E-state index < -0.39 is 5.97 Å². The molecule has 1 aliphatic heterocycles. The average Bonchev–Trinajstić information content (AvgIpc) is 2.53. The Morgan fingerprint density at radius 1 is 1.10 bits per heavy atom. The molecule has 0 saturated carbocycles. The van der Waals surface area contributed by atoms with Gasteiger partial charge in [-0.1, -0.05) is 18.2 Å². The van der Waals surface area contributed by atoms with Crippen LogP contribution in [0.2, 0.25) is 0 Å². The lowest BCUT2D eigenvalue weighted by Gasteiger charge is -2.15. The third-order valence-electron chi connectivity index (χ3n) is 2.93. The van der Waals surface area contributed by atoms with Crippen molar-refractivity contribution in [2.24, 2.45) is 0 Å². The fraction of sp³-hybridized carbons (Fsp3) is 0.125. The Kier molecular flexibility index (Phi) is 4.56. The maximum absolute atomic E-state index is 12.2. The van der Waals surface area contributed by atoms with Gasteiger partial charge in [0.2, 0.25) is 0 Å². The van der Waals surface area contributed by atoms with Gasteiger partial charge in [0.05, 0.1) is 7.11 Å². The highest BCUT2D eigenvalue weighted by Crippen LogP contribution is 2.13. The van der Waals surface area contributed by atoms with E-state index in [1.54, 1.807) is 48.8 Å². The number of amides is 1. The second-order valence-electron chi connectivity index (χ2n) is 4.44. The summed E-state index contributed by atoms with van der Waals surface area (Å²) in [6, 6.07) is 8.69. The highest BCUT2D eigenvalue weighted by atomic mass is 16.5. The van der Waals surface area contributed by atoms with Crippen molar-refractivity contribution in [3.8, 4) is 0 Å². The minimum Gasteiger partial charge on any atom is -0.464 e. The molecule has 1 N–H and O–H groups in total. The van der Waals surface area contributed by atoms with Crippen molar-refractivity contribution in [2.75, 3.05) is 14.2 Å². The minimum absolute atomic E-state index is 0.118. The van der Waals surface area contributed by atoms with Crippen LogP contribution >= 0.6 is 0 Å². The standard InChI is InChI=1S/C16H16N2O3/c1-18-10-8-12(9-11-18)14(16(20)21-2)17-15(19)13-6-4-3-5-7-13/h3-11H,1-2H3,(H,17,19). The Morgan fingerprint density at radius 2 is 1.71 bits per heavy atom. The number of ether oxygens (including phenoxy) is 1. The van der Waals surface area contributed by atoms with Crippen LogP contribution in [0.15, 0.2) is 66.2 Å². The van der Waals surface area contributed by atoms with Gasteiger partial charge < -0.3 is 15.0 Å². The molecule has 0 radical (unpaired) electrons. The van der Waals surface area contributed by atoms with Gasteiger partial charge in [-0.05, 0) is 24.3 Å². The molecule has 1 aromatic rings. The molecule has 0 fully saturated rings. The molecule has 0 atom stereocenters. The predicted octanol–water partition coefficient (Wildman–Crippen LogP) is 1.82. The summed E-state index contributed by atoms with van der Waals surface area (Å²) in [5.41, 5.74) is 1.18. The first-order valence-corrected chi connectivity index (χ1v) is 6.39. The Hall–Kier alpha value is -2.82. The highest BCUT2D eigenvalue weighted by Gasteiger charge is 2.18. The smallest absolute Gasteiger partial charge is 0.355 e. The average molecular weight is 284 g/mol. The molecule has 2 rings (SSSR count). The summed E-state index contributed by atoms with van der Waals surface area (Å²) in [6.07, 6.45) is 7.04. The van der Waals surface area contributed by atoms with Gasteiger partial charge in [0.15, 0.2) is 0 Å². The number of benzene rings is 1.